The highest BCUT2D eigenvalue weighted by Gasteiger charge is 2.33. The molecular formula is C24H39NO2. The van der Waals surface area contributed by atoms with Gasteiger partial charge >= 0.3 is 0 Å². The van der Waals surface area contributed by atoms with Gasteiger partial charge in [-0.2, -0.15) is 0 Å². The Morgan fingerprint density at radius 1 is 1.11 bits per heavy atom. The van der Waals surface area contributed by atoms with Crippen LogP contribution in [0.15, 0.2) is 17.1 Å². The van der Waals surface area contributed by atoms with Gasteiger partial charge in [0.25, 0.3) is 0 Å². The van der Waals surface area contributed by atoms with E-state index >= 15 is 0 Å². The quantitative estimate of drug-likeness (QED) is 0.480. The maximum Gasteiger partial charge on any atom is 0.133 e. The van der Waals surface area contributed by atoms with Gasteiger partial charge in [0, 0.05) is 13.0 Å². The van der Waals surface area contributed by atoms with E-state index in [4.69, 9.17) is 9.73 Å². The monoisotopic (exact) mass is 373 g/mol. The Morgan fingerprint density at radius 3 is 2.48 bits per heavy atom. The molecule has 0 saturated carbocycles. The Bertz CT molecular complexity index is 648. The Labute approximate surface area is 166 Å². The summed E-state index contributed by atoms with van der Waals surface area (Å²) >= 11 is 0. The zero-order chi connectivity index (χ0) is 20.0. The maximum absolute atomic E-state index is 10.8. The lowest BCUT2D eigenvalue weighted by molar-refractivity contribution is 0.110. The first-order chi connectivity index (χ1) is 12.8. The number of nitrogens with zero attached hydrogens (tertiary/aromatic N) is 1. The third-order valence-corrected chi connectivity index (χ3v) is 5.83. The number of aromatic hydroxyl groups is 1. The van der Waals surface area contributed by atoms with Crippen molar-refractivity contribution < 1.29 is 9.84 Å². The molecule has 0 bridgehead atoms. The number of phenols is 1. The first-order valence-electron chi connectivity index (χ1n) is 10.9. The van der Waals surface area contributed by atoms with Crippen molar-refractivity contribution in [1.29, 1.82) is 0 Å². The number of unbranched alkanes of at least 4 members (excludes halogenated alkanes) is 3. The minimum absolute atomic E-state index is 0.293. The fourth-order valence-electron chi connectivity index (χ4n) is 3.88. The first kappa shape index (κ1) is 21.8. The van der Waals surface area contributed by atoms with E-state index in [-0.39, 0.29) is 5.60 Å². The number of benzene rings is 1. The Balaban J connectivity index is 2.30. The van der Waals surface area contributed by atoms with Crippen LogP contribution in [-0.2, 0) is 0 Å². The third-order valence-electron chi connectivity index (χ3n) is 5.83. The summed E-state index contributed by atoms with van der Waals surface area (Å²) in [5, 5.41) is 10.8. The van der Waals surface area contributed by atoms with Gasteiger partial charge in [0.05, 0.1) is 11.3 Å². The van der Waals surface area contributed by atoms with E-state index < -0.39 is 0 Å². The van der Waals surface area contributed by atoms with Crippen LogP contribution in [0, 0.1) is 5.92 Å². The molecule has 1 N–H and O–H groups in total. The summed E-state index contributed by atoms with van der Waals surface area (Å²) in [5.41, 5.74) is 2.67. The molecule has 1 aliphatic heterocycles. The molecule has 1 aliphatic rings. The zero-order valence-corrected chi connectivity index (χ0v) is 18.3. The van der Waals surface area contributed by atoms with Crippen molar-refractivity contribution in [2.24, 2.45) is 10.9 Å². The van der Waals surface area contributed by atoms with Crippen molar-refractivity contribution in [3.63, 3.8) is 0 Å². The van der Waals surface area contributed by atoms with Gasteiger partial charge in [-0.15, -0.1) is 0 Å². The average Bonchev–Trinajstić information content (AvgIpc) is 2.59. The van der Waals surface area contributed by atoms with Crippen LogP contribution in [0.2, 0.25) is 0 Å². The van der Waals surface area contributed by atoms with Crippen molar-refractivity contribution >= 4 is 5.71 Å². The van der Waals surface area contributed by atoms with E-state index in [9.17, 15) is 5.11 Å². The molecule has 152 valence electrons. The lowest BCUT2D eigenvalue weighted by atomic mass is 9.83. The molecule has 0 aromatic heterocycles. The largest absolute Gasteiger partial charge is 0.507 e. The number of aliphatic imine (C=N–C) groups is 1. The molecular weight excluding hydrogens is 334 g/mol. The molecule has 1 aromatic rings. The summed E-state index contributed by atoms with van der Waals surface area (Å²) in [7, 11) is 0. The average molecular weight is 374 g/mol. The highest BCUT2D eigenvalue weighted by molar-refractivity contribution is 6.06. The fourth-order valence-corrected chi connectivity index (χ4v) is 3.88. The number of hydrogen-bond donors (Lipinski definition) is 1. The molecule has 3 heteroatoms. The second kappa shape index (κ2) is 9.61. The van der Waals surface area contributed by atoms with Crippen LogP contribution in [0.4, 0.5) is 0 Å². The number of rotatable bonds is 9. The number of phenolic OH excluding ortho intramolecular Hbond substituents is 1. The first-order valence-corrected chi connectivity index (χ1v) is 10.9. The van der Waals surface area contributed by atoms with Gasteiger partial charge in [-0.3, -0.25) is 4.99 Å². The van der Waals surface area contributed by atoms with Crippen LogP contribution in [-0.4, -0.2) is 23.0 Å². The van der Waals surface area contributed by atoms with Crippen LogP contribution in [0.25, 0.3) is 0 Å². The minimum atomic E-state index is -0.293. The molecule has 0 radical (unpaired) electrons. The highest BCUT2D eigenvalue weighted by atomic mass is 16.5. The van der Waals surface area contributed by atoms with Crippen LogP contribution in [0.1, 0.15) is 104 Å². The van der Waals surface area contributed by atoms with Gasteiger partial charge in [-0.25, -0.2) is 0 Å². The molecule has 0 aliphatic carbocycles. The summed E-state index contributed by atoms with van der Waals surface area (Å²) in [4.78, 5) is 4.81. The van der Waals surface area contributed by atoms with Crippen LogP contribution >= 0.6 is 0 Å². The second-order valence-corrected chi connectivity index (χ2v) is 8.90. The molecule has 2 unspecified atom stereocenters. The smallest absolute Gasteiger partial charge is 0.133 e. The third kappa shape index (κ3) is 5.73. The topological polar surface area (TPSA) is 41.8 Å². The molecule has 0 fully saturated rings. The van der Waals surface area contributed by atoms with E-state index in [2.05, 4.69) is 47.6 Å². The van der Waals surface area contributed by atoms with Gasteiger partial charge in [0.15, 0.2) is 0 Å². The molecule has 2 rings (SSSR count). The van der Waals surface area contributed by atoms with Crippen LogP contribution in [0.3, 0.4) is 0 Å². The SMILES string of the molecule is CCCCCC(C)C(C)c1cc(O)c2c(c1)OC(C)(C)CC2=NCCCC. The van der Waals surface area contributed by atoms with E-state index in [1.807, 2.05) is 6.07 Å². The van der Waals surface area contributed by atoms with Crippen molar-refractivity contribution in [2.75, 3.05) is 6.54 Å². The van der Waals surface area contributed by atoms with Gasteiger partial charge in [-0.05, 0) is 49.8 Å². The molecule has 0 saturated heterocycles. The predicted molar refractivity (Wildman–Crippen MR) is 115 cm³/mol. The lowest BCUT2D eigenvalue weighted by Crippen LogP contribution is -2.36. The van der Waals surface area contributed by atoms with Crippen LogP contribution in [0.5, 0.6) is 11.5 Å². The standard InChI is InChI=1S/C24H39NO2/c1-7-9-11-12-17(3)18(4)19-14-21(26)23-20(25-13-10-8-2)16-24(5,6)27-22(23)15-19/h14-15,17-18,26H,7-13,16H2,1-6H3. The highest BCUT2D eigenvalue weighted by Crippen LogP contribution is 2.42. The summed E-state index contributed by atoms with van der Waals surface area (Å²) in [6.45, 7) is 14.0. The molecule has 2 atom stereocenters. The Kier molecular flexibility index (Phi) is 7.76. The maximum atomic E-state index is 10.8. The lowest BCUT2D eigenvalue weighted by Gasteiger charge is -2.34. The number of ether oxygens (including phenoxy) is 1. The van der Waals surface area contributed by atoms with Gasteiger partial charge in [0.1, 0.15) is 17.1 Å². The number of hydrogen-bond acceptors (Lipinski definition) is 3. The molecule has 1 aromatic carbocycles. The molecule has 1 heterocycles. The summed E-state index contributed by atoms with van der Waals surface area (Å²) < 4.78 is 6.26. The molecule has 0 spiro atoms. The number of fused-ring (bicyclic) bond motifs is 1. The predicted octanol–water partition coefficient (Wildman–Crippen LogP) is 6.86. The normalized spacial score (nSPS) is 19.4. The van der Waals surface area contributed by atoms with E-state index in [0.717, 1.165) is 42.8 Å². The van der Waals surface area contributed by atoms with E-state index in [1.165, 1.54) is 31.2 Å². The van der Waals surface area contributed by atoms with Crippen molar-refractivity contribution in [2.45, 2.75) is 98.0 Å². The molecule has 27 heavy (non-hydrogen) atoms. The van der Waals surface area contributed by atoms with Gasteiger partial charge in [-0.1, -0.05) is 59.8 Å². The van der Waals surface area contributed by atoms with Crippen LogP contribution < -0.4 is 4.74 Å². The summed E-state index contributed by atoms with van der Waals surface area (Å²) in [6, 6.07) is 4.09. The molecule has 0 amide bonds. The Morgan fingerprint density at radius 2 is 1.81 bits per heavy atom. The summed E-state index contributed by atoms with van der Waals surface area (Å²) in [6.07, 6.45) is 7.98. The van der Waals surface area contributed by atoms with Crippen molar-refractivity contribution in [3.05, 3.63) is 23.3 Å². The van der Waals surface area contributed by atoms with E-state index in [1.54, 1.807) is 0 Å². The second-order valence-electron chi connectivity index (χ2n) is 8.90. The van der Waals surface area contributed by atoms with Gasteiger partial charge < -0.3 is 9.84 Å². The minimum Gasteiger partial charge on any atom is -0.507 e. The fraction of sp³-hybridized carbons (Fsp3) is 0.708. The Hall–Kier alpha value is -1.51. The zero-order valence-electron chi connectivity index (χ0n) is 18.3. The van der Waals surface area contributed by atoms with Crippen molar-refractivity contribution in [3.8, 4) is 11.5 Å². The molecule has 3 nitrogen and oxygen atoms in total. The van der Waals surface area contributed by atoms with E-state index in [0.29, 0.717) is 17.6 Å². The summed E-state index contributed by atoms with van der Waals surface area (Å²) in [5.74, 6) is 2.10. The van der Waals surface area contributed by atoms with Gasteiger partial charge in [0.2, 0.25) is 0 Å². The van der Waals surface area contributed by atoms with Crippen molar-refractivity contribution in [1.82, 2.24) is 0 Å².